The minimum Gasteiger partial charge on any atom is -0.497 e. The summed E-state index contributed by atoms with van der Waals surface area (Å²) in [4.78, 5) is 25.2. The van der Waals surface area contributed by atoms with E-state index >= 15 is 0 Å². The van der Waals surface area contributed by atoms with Crippen LogP contribution in [0, 0.1) is 0 Å². The van der Waals surface area contributed by atoms with E-state index in [-0.39, 0.29) is 22.3 Å². The molecule has 4 rings (SSSR count). The first-order valence-electron chi connectivity index (χ1n) is 11.0. The fourth-order valence-corrected chi connectivity index (χ4v) is 4.65. The third kappa shape index (κ3) is 5.79. The lowest BCUT2D eigenvalue weighted by Crippen LogP contribution is -2.12. The molecule has 8 heteroatoms. The number of rotatable bonds is 8. The van der Waals surface area contributed by atoms with Gasteiger partial charge >= 0.3 is 5.97 Å². The first-order chi connectivity index (χ1) is 17.4. The molecule has 7 nitrogen and oxygen atoms in total. The Balaban J connectivity index is 1.33. The van der Waals surface area contributed by atoms with Crippen LogP contribution in [-0.2, 0) is 21.2 Å². The largest absolute Gasteiger partial charge is 0.497 e. The standard InChI is InChI=1S/C28H23NO6S/c1-34-24-15-11-21(12-16-24)27(30)29-23-13-9-22(10-14-23)28(31)35-19-20-7-17-26(18-8-20)36(32,33)25-5-3-2-4-6-25/h2-18H,19H2,1H3,(H,29,30). The molecule has 0 unspecified atom stereocenters. The Morgan fingerprint density at radius 3 is 1.92 bits per heavy atom. The Morgan fingerprint density at radius 1 is 0.722 bits per heavy atom. The van der Waals surface area contributed by atoms with E-state index in [1.165, 1.54) is 12.1 Å². The highest BCUT2D eigenvalue weighted by atomic mass is 32.2. The van der Waals surface area contributed by atoms with Gasteiger partial charge in [-0.15, -0.1) is 0 Å². The molecule has 0 fully saturated rings. The molecular formula is C28H23NO6S. The summed E-state index contributed by atoms with van der Waals surface area (Å²) in [6.45, 7) is -0.0134. The Bertz CT molecular complexity index is 1450. The van der Waals surface area contributed by atoms with Crippen molar-refractivity contribution in [3.8, 4) is 5.75 Å². The molecule has 4 aromatic rings. The summed E-state index contributed by atoms with van der Waals surface area (Å²) in [5, 5.41) is 2.77. The monoisotopic (exact) mass is 501 g/mol. The van der Waals surface area contributed by atoms with Crippen molar-refractivity contribution in [2.75, 3.05) is 12.4 Å². The molecule has 0 saturated carbocycles. The lowest BCUT2D eigenvalue weighted by molar-refractivity contribution is 0.0472. The average Bonchev–Trinajstić information content (AvgIpc) is 2.93. The van der Waals surface area contributed by atoms with Gasteiger partial charge in [-0.2, -0.15) is 0 Å². The van der Waals surface area contributed by atoms with Crippen molar-refractivity contribution < 1.29 is 27.5 Å². The smallest absolute Gasteiger partial charge is 0.338 e. The van der Waals surface area contributed by atoms with E-state index in [0.29, 0.717) is 28.1 Å². The van der Waals surface area contributed by atoms with Gasteiger partial charge in [0.05, 0.1) is 22.5 Å². The highest BCUT2D eigenvalue weighted by molar-refractivity contribution is 7.91. The highest BCUT2D eigenvalue weighted by Crippen LogP contribution is 2.21. The van der Waals surface area contributed by atoms with Gasteiger partial charge in [-0.3, -0.25) is 4.79 Å². The Morgan fingerprint density at radius 2 is 1.31 bits per heavy atom. The zero-order valence-electron chi connectivity index (χ0n) is 19.4. The van der Waals surface area contributed by atoms with Gasteiger partial charge in [0, 0.05) is 11.3 Å². The van der Waals surface area contributed by atoms with Gasteiger partial charge in [0.2, 0.25) is 9.84 Å². The number of benzene rings is 4. The summed E-state index contributed by atoms with van der Waals surface area (Å²) in [5.74, 6) is -0.169. The number of nitrogens with one attached hydrogen (secondary N) is 1. The van der Waals surface area contributed by atoms with E-state index in [0.717, 1.165) is 0 Å². The molecule has 0 bridgehead atoms. The second-order valence-corrected chi connectivity index (χ2v) is 9.75. The molecule has 0 atom stereocenters. The lowest BCUT2D eigenvalue weighted by Gasteiger charge is -2.09. The minimum absolute atomic E-state index is 0.0134. The average molecular weight is 502 g/mol. The van der Waals surface area contributed by atoms with Gasteiger partial charge in [0.1, 0.15) is 12.4 Å². The summed E-state index contributed by atoms with van der Waals surface area (Å²) in [7, 11) is -2.05. The lowest BCUT2D eigenvalue weighted by atomic mass is 10.1. The van der Waals surface area contributed by atoms with Crippen molar-refractivity contribution in [1.29, 1.82) is 0 Å². The molecule has 1 N–H and O–H groups in total. The molecule has 0 aliphatic heterocycles. The molecule has 0 aliphatic rings. The number of sulfone groups is 1. The number of esters is 1. The quantitative estimate of drug-likeness (QED) is 0.336. The fourth-order valence-electron chi connectivity index (χ4n) is 3.37. The van der Waals surface area contributed by atoms with Gasteiger partial charge in [-0.25, -0.2) is 13.2 Å². The van der Waals surface area contributed by atoms with Crippen LogP contribution in [0.25, 0.3) is 0 Å². The Labute approximate surface area is 209 Å². The number of hydrogen-bond acceptors (Lipinski definition) is 6. The van der Waals surface area contributed by atoms with E-state index in [1.807, 2.05) is 0 Å². The molecule has 0 spiro atoms. The van der Waals surface area contributed by atoms with Crippen LogP contribution in [0.5, 0.6) is 5.75 Å². The van der Waals surface area contributed by atoms with Gasteiger partial charge in [-0.05, 0) is 78.4 Å². The topological polar surface area (TPSA) is 98.8 Å². The van der Waals surface area contributed by atoms with E-state index in [4.69, 9.17) is 9.47 Å². The number of carbonyl (C=O) groups excluding carboxylic acids is 2. The van der Waals surface area contributed by atoms with Crippen molar-refractivity contribution in [2.45, 2.75) is 16.4 Å². The van der Waals surface area contributed by atoms with Gasteiger partial charge in [0.15, 0.2) is 0 Å². The molecule has 0 aromatic heterocycles. The van der Waals surface area contributed by atoms with Crippen LogP contribution in [0.2, 0.25) is 0 Å². The summed E-state index contributed by atoms with van der Waals surface area (Å²) < 4.78 is 35.8. The number of hydrogen-bond donors (Lipinski definition) is 1. The number of ether oxygens (including phenoxy) is 2. The molecule has 0 radical (unpaired) electrons. The predicted molar refractivity (Wildman–Crippen MR) is 135 cm³/mol. The maximum atomic E-state index is 12.7. The first-order valence-corrected chi connectivity index (χ1v) is 12.5. The molecule has 182 valence electrons. The third-order valence-electron chi connectivity index (χ3n) is 5.39. The number of methoxy groups -OCH3 is 1. The van der Waals surface area contributed by atoms with Crippen LogP contribution >= 0.6 is 0 Å². The van der Waals surface area contributed by atoms with E-state index in [9.17, 15) is 18.0 Å². The van der Waals surface area contributed by atoms with Gasteiger partial charge in [-0.1, -0.05) is 30.3 Å². The highest BCUT2D eigenvalue weighted by Gasteiger charge is 2.17. The Kier molecular flexibility index (Phi) is 7.46. The first kappa shape index (κ1) is 24.7. The van der Waals surface area contributed by atoms with Crippen molar-refractivity contribution in [3.05, 3.63) is 120 Å². The minimum atomic E-state index is -3.61. The molecule has 0 heterocycles. The molecule has 36 heavy (non-hydrogen) atoms. The predicted octanol–water partition coefficient (Wildman–Crippen LogP) is 5.14. The zero-order valence-corrected chi connectivity index (χ0v) is 20.2. The summed E-state index contributed by atoms with van der Waals surface area (Å²) in [6, 6.07) is 27.4. The number of carbonyl (C=O) groups is 2. The second-order valence-electron chi connectivity index (χ2n) is 7.80. The van der Waals surface area contributed by atoms with E-state index in [1.54, 1.807) is 98.1 Å². The number of amides is 1. The van der Waals surface area contributed by atoms with Crippen molar-refractivity contribution in [1.82, 2.24) is 0 Å². The maximum absolute atomic E-state index is 12.7. The summed E-state index contributed by atoms with van der Waals surface area (Å²) in [6.07, 6.45) is 0. The van der Waals surface area contributed by atoms with Crippen molar-refractivity contribution >= 4 is 27.4 Å². The molecular weight excluding hydrogens is 478 g/mol. The van der Waals surface area contributed by atoms with Crippen LogP contribution in [0.15, 0.2) is 113 Å². The molecule has 0 aliphatic carbocycles. The Hall–Kier alpha value is -4.43. The summed E-state index contributed by atoms with van der Waals surface area (Å²) in [5.41, 5.74) is 1.98. The van der Waals surface area contributed by atoms with Gasteiger partial charge in [0.25, 0.3) is 5.91 Å². The van der Waals surface area contributed by atoms with Crippen molar-refractivity contribution in [3.63, 3.8) is 0 Å². The van der Waals surface area contributed by atoms with Crippen LogP contribution in [0.1, 0.15) is 26.3 Å². The van der Waals surface area contributed by atoms with Gasteiger partial charge < -0.3 is 14.8 Å². The zero-order chi connectivity index (χ0) is 25.5. The number of anilines is 1. The molecule has 0 saturated heterocycles. The summed E-state index contributed by atoms with van der Waals surface area (Å²) >= 11 is 0. The maximum Gasteiger partial charge on any atom is 0.338 e. The molecule has 4 aromatic carbocycles. The third-order valence-corrected chi connectivity index (χ3v) is 7.17. The second kappa shape index (κ2) is 10.9. The SMILES string of the molecule is COc1ccc(C(=O)Nc2ccc(C(=O)OCc3ccc(S(=O)(=O)c4ccccc4)cc3)cc2)cc1. The van der Waals surface area contributed by atoms with E-state index < -0.39 is 15.8 Å². The van der Waals surface area contributed by atoms with Crippen LogP contribution in [0.4, 0.5) is 5.69 Å². The normalized spacial score (nSPS) is 10.9. The van der Waals surface area contributed by atoms with Crippen LogP contribution in [-0.4, -0.2) is 27.4 Å². The molecule has 1 amide bonds. The van der Waals surface area contributed by atoms with Crippen molar-refractivity contribution in [2.24, 2.45) is 0 Å². The van der Waals surface area contributed by atoms with Crippen LogP contribution < -0.4 is 10.1 Å². The van der Waals surface area contributed by atoms with Crippen LogP contribution in [0.3, 0.4) is 0 Å². The van der Waals surface area contributed by atoms with E-state index in [2.05, 4.69) is 5.32 Å². The fraction of sp³-hybridized carbons (Fsp3) is 0.0714.